The van der Waals surface area contributed by atoms with Gasteiger partial charge in [-0.3, -0.25) is 0 Å². The van der Waals surface area contributed by atoms with E-state index >= 15 is 0 Å². The highest BCUT2D eigenvalue weighted by Gasteiger charge is 2.14. The fourth-order valence-corrected chi connectivity index (χ4v) is 2.27. The van der Waals surface area contributed by atoms with E-state index in [1.165, 1.54) is 12.1 Å². The smallest absolute Gasteiger partial charge is 0.218 e. The van der Waals surface area contributed by atoms with Crippen LogP contribution in [-0.4, -0.2) is 18.1 Å². The summed E-state index contributed by atoms with van der Waals surface area (Å²) in [6.07, 6.45) is 2.67. The SMILES string of the molecule is Cl.Fc1cccc(-c2ccnc3c2CNCCCO3)c1. The van der Waals surface area contributed by atoms with Crippen molar-refractivity contribution in [3.63, 3.8) is 0 Å². The van der Waals surface area contributed by atoms with Gasteiger partial charge in [0.25, 0.3) is 0 Å². The Bertz CT molecular complexity index is 592. The lowest BCUT2D eigenvalue weighted by atomic mass is 10.0. The second kappa shape index (κ2) is 6.68. The highest BCUT2D eigenvalue weighted by molar-refractivity contribution is 5.85. The highest BCUT2D eigenvalue weighted by atomic mass is 35.5. The van der Waals surface area contributed by atoms with E-state index in [9.17, 15) is 4.39 Å². The van der Waals surface area contributed by atoms with Crippen LogP contribution in [0.3, 0.4) is 0 Å². The molecule has 0 aliphatic carbocycles. The van der Waals surface area contributed by atoms with Crippen molar-refractivity contribution in [3.05, 3.63) is 47.9 Å². The topological polar surface area (TPSA) is 34.2 Å². The number of halogens is 2. The minimum Gasteiger partial charge on any atom is -0.477 e. The molecule has 0 amide bonds. The molecule has 1 N–H and O–H groups in total. The van der Waals surface area contributed by atoms with Crippen molar-refractivity contribution < 1.29 is 9.13 Å². The van der Waals surface area contributed by atoms with E-state index < -0.39 is 0 Å². The molecule has 2 aromatic rings. The molecule has 0 saturated heterocycles. The van der Waals surface area contributed by atoms with Gasteiger partial charge < -0.3 is 10.1 Å². The number of hydrogen-bond acceptors (Lipinski definition) is 3. The molecule has 2 heterocycles. The number of rotatable bonds is 1. The number of nitrogens with zero attached hydrogens (tertiary/aromatic N) is 1. The first-order valence-electron chi connectivity index (χ1n) is 6.42. The zero-order valence-electron chi connectivity index (χ0n) is 10.9. The van der Waals surface area contributed by atoms with Crippen molar-refractivity contribution in [2.45, 2.75) is 13.0 Å². The Morgan fingerprint density at radius 1 is 1.25 bits per heavy atom. The summed E-state index contributed by atoms with van der Waals surface area (Å²) in [7, 11) is 0. The van der Waals surface area contributed by atoms with Crippen molar-refractivity contribution in [2.24, 2.45) is 0 Å². The Hall–Kier alpha value is -1.65. The minimum atomic E-state index is -0.234. The first-order valence-corrected chi connectivity index (χ1v) is 6.42. The van der Waals surface area contributed by atoms with E-state index in [1.54, 1.807) is 12.3 Å². The Labute approximate surface area is 123 Å². The van der Waals surface area contributed by atoms with Gasteiger partial charge in [0, 0.05) is 18.3 Å². The maximum absolute atomic E-state index is 13.4. The van der Waals surface area contributed by atoms with Gasteiger partial charge in [0.15, 0.2) is 0 Å². The summed E-state index contributed by atoms with van der Waals surface area (Å²) in [5, 5.41) is 3.35. The number of aromatic nitrogens is 1. The molecule has 1 aliphatic rings. The number of benzene rings is 1. The molecule has 0 bridgehead atoms. The monoisotopic (exact) mass is 294 g/mol. The summed E-state index contributed by atoms with van der Waals surface area (Å²) in [5.74, 6) is 0.414. The Morgan fingerprint density at radius 3 is 3.00 bits per heavy atom. The first kappa shape index (κ1) is 14.8. The molecule has 0 atom stereocenters. The van der Waals surface area contributed by atoms with Gasteiger partial charge in [0.2, 0.25) is 5.88 Å². The van der Waals surface area contributed by atoms with Gasteiger partial charge >= 0.3 is 0 Å². The summed E-state index contributed by atoms with van der Waals surface area (Å²) < 4.78 is 19.0. The molecule has 0 unspecified atom stereocenters. The summed E-state index contributed by atoms with van der Waals surface area (Å²) in [6, 6.07) is 8.50. The standard InChI is InChI=1S/C15H15FN2O.ClH/c16-12-4-1-3-11(9-12)13-5-7-18-15-14(13)10-17-6-2-8-19-15;/h1,3-5,7,9,17H,2,6,8,10H2;1H. The van der Waals surface area contributed by atoms with Crippen molar-refractivity contribution in [1.82, 2.24) is 10.3 Å². The summed E-state index contributed by atoms with van der Waals surface area (Å²) in [5.41, 5.74) is 2.82. The number of hydrogen-bond donors (Lipinski definition) is 1. The zero-order chi connectivity index (χ0) is 13.1. The van der Waals surface area contributed by atoms with Crippen LogP contribution in [0.15, 0.2) is 36.5 Å². The van der Waals surface area contributed by atoms with Crippen molar-refractivity contribution in [2.75, 3.05) is 13.2 Å². The quantitative estimate of drug-likeness (QED) is 0.877. The van der Waals surface area contributed by atoms with Crippen molar-refractivity contribution in [3.8, 4) is 17.0 Å². The molecule has 5 heteroatoms. The van der Waals surface area contributed by atoms with Gasteiger partial charge in [-0.1, -0.05) is 12.1 Å². The van der Waals surface area contributed by atoms with E-state index in [2.05, 4.69) is 10.3 Å². The average Bonchev–Trinajstić information content (AvgIpc) is 2.39. The molecule has 0 radical (unpaired) electrons. The van der Waals surface area contributed by atoms with Crippen LogP contribution in [0.4, 0.5) is 4.39 Å². The molecular formula is C15H16ClFN2O. The number of pyridine rings is 1. The van der Waals surface area contributed by atoms with Crippen LogP contribution in [0.25, 0.3) is 11.1 Å². The highest BCUT2D eigenvalue weighted by Crippen LogP contribution is 2.30. The number of fused-ring (bicyclic) bond motifs is 1. The zero-order valence-corrected chi connectivity index (χ0v) is 11.8. The third-order valence-electron chi connectivity index (χ3n) is 3.19. The van der Waals surface area contributed by atoms with Crippen LogP contribution in [-0.2, 0) is 6.54 Å². The van der Waals surface area contributed by atoms with Crippen LogP contribution >= 0.6 is 12.4 Å². The maximum Gasteiger partial charge on any atom is 0.218 e. The summed E-state index contributed by atoms with van der Waals surface area (Å²) in [6.45, 7) is 2.26. The fourth-order valence-electron chi connectivity index (χ4n) is 2.27. The van der Waals surface area contributed by atoms with E-state index in [0.29, 0.717) is 19.0 Å². The van der Waals surface area contributed by atoms with E-state index in [4.69, 9.17) is 4.74 Å². The normalized spacial score (nSPS) is 14.2. The van der Waals surface area contributed by atoms with E-state index in [-0.39, 0.29) is 18.2 Å². The van der Waals surface area contributed by atoms with Crippen LogP contribution < -0.4 is 10.1 Å². The van der Waals surface area contributed by atoms with Crippen LogP contribution in [0, 0.1) is 5.82 Å². The summed E-state index contributed by atoms with van der Waals surface area (Å²) in [4.78, 5) is 4.27. The largest absolute Gasteiger partial charge is 0.477 e. The van der Waals surface area contributed by atoms with Crippen molar-refractivity contribution >= 4 is 12.4 Å². The Morgan fingerprint density at radius 2 is 2.15 bits per heavy atom. The second-order valence-electron chi connectivity index (χ2n) is 4.53. The minimum absolute atomic E-state index is 0. The number of ether oxygens (including phenoxy) is 1. The lowest BCUT2D eigenvalue weighted by Gasteiger charge is -2.18. The van der Waals surface area contributed by atoms with Gasteiger partial charge in [-0.05, 0) is 42.3 Å². The molecular weight excluding hydrogens is 279 g/mol. The first-order chi connectivity index (χ1) is 9.34. The molecule has 1 aliphatic heterocycles. The van der Waals surface area contributed by atoms with Crippen molar-refractivity contribution in [1.29, 1.82) is 0 Å². The third kappa shape index (κ3) is 3.08. The lowest BCUT2D eigenvalue weighted by molar-refractivity contribution is 0.284. The van der Waals surface area contributed by atoms with Gasteiger partial charge in [0.05, 0.1) is 6.61 Å². The number of nitrogens with one attached hydrogen (secondary N) is 1. The Balaban J connectivity index is 0.00000147. The van der Waals surface area contributed by atoms with Gasteiger partial charge in [-0.15, -0.1) is 12.4 Å². The molecule has 106 valence electrons. The van der Waals surface area contributed by atoms with E-state index in [0.717, 1.165) is 29.7 Å². The molecule has 3 nitrogen and oxygen atoms in total. The lowest BCUT2D eigenvalue weighted by Crippen LogP contribution is -2.21. The Kier molecular flexibility index (Phi) is 4.93. The molecule has 3 rings (SSSR count). The van der Waals surface area contributed by atoms with Crippen LogP contribution in [0.2, 0.25) is 0 Å². The molecule has 0 saturated carbocycles. The molecule has 0 spiro atoms. The predicted molar refractivity (Wildman–Crippen MR) is 78.7 cm³/mol. The molecule has 20 heavy (non-hydrogen) atoms. The predicted octanol–water partition coefficient (Wildman–Crippen LogP) is 3.18. The molecule has 0 fully saturated rings. The summed E-state index contributed by atoms with van der Waals surface area (Å²) >= 11 is 0. The molecule has 1 aromatic carbocycles. The second-order valence-corrected chi connectivity index (χ2v) is 4.53. The van der Waals surface area contributed by atoms with E-state index in [1.807, 2.05) is 12.1 Å². The fraction of sp³-hybridized carbons (Fsp3) is 0.267. The van der Waals surface area contributed by atoms with Crippen LogP contribution in [0.5, 0.6) is 5.88 Å². The van der Waals surface area contributed by atoms with Gasteiger partial charge in [-0.25, -0.2) is 9.37 Å². The third-order valence-corrected chi connectivity index (χ3v) is 3.19. The van der Waals surface area contributed by atoms with Crippen LogP contribution in [0.1, 0.15) is 12.0 Å². The van der Waals surface area contributed by atoms with Gasteiger partial charge in [0.1, 0.15) is 5.82 Å². The van der Waals surface area contributed by atoms with Gasteiger partial charge in [-0.2, -0.15) is 0 Å². The average molecular weight is 295 g/mol. The maximum atomic E-state index is 13.4. The molecule has 1 aromatic heterocycles.